The molecule has 4 atom stereocenters. The Morgan fingerprint density at radius 3 is 1.90 bits per heavy atom. The van der Waals surface area contributed by atoms with Gasteiger partial charge in [0.2, 0.25) is 0 Å². The van der Waals surface area contributed by atoms with Crippen LogP contribution in [0.2, 0.25) is 0 Å². The second-order valence-corrected chi connectivity index (χ2v) is 11.6. The van der Waals surface area contributed by atoms with E-state index in [1.54, 1.807) is 11.9 Å². The van der Waals surface area contributed by atoms with Crippen LogP contribution in [0.4, 0.5) is 4.79 Å². The van der Waals surface area contributed by atoms with E-state index < -0.39 is 5.60 Å². The Hall–Kier alpha value is -2.41. The van der Waals surface area contributed by atoms with Gasteiger partial charge < -0.3 is 23.8 Å². The molecule has 0 spiro atoms. The van der Waals surface area contributed by atoms with Gasteiger partial charge in [0.05, 0.1) is 31.5 Å². The first kappa shape index (κ1) is 31.1. The Bertz CT molecular complexity index is 946. The Morgan fingerprint density at radius 2 is 1.33 bits per heavy atom. The topological polar surface area (TPSA) is 57.2 Å². The lowest BCUT2D eigenvalue weighted by atomic mass is 10.1. The molecule has 0 aromatic heterocycles. The molecular weight excluding hydrogens is 490 g/mol. The smallest absolute Gasteiger partial charge is 0.410 e. The second kappa shape index (κ2) is 16.0. The molecule has 39 heavy (non-hydrogen) atoms. The van der Waals surface area contributed by atoms with E-state index in [9.17, 15) is 4.79 Å². The average Bonchev–Trinajstić information content (AvgIpc) is 3.27. The van der Waals surface area contributed by atoms with Gasteiger partial charge in [-0.05, 0) is 38.3 Å². The Kier molecular flexibility index (Phi) is 12.8. The van der Waals surface area contributed by atoms with Gasteiger partial charge in [0.15, 0.2) is 0 Å². The van der Waals surface area contributed by atoms with Crippen molar-refractivity contribution in [2.75, 3.05) is 13.7 Å². The SMILES string of the molecule is CCCCCCCCOC1C(OCc2ccccc2)CC(OCc2ccccc2)C1N(C)C(=O)OC(C)(C)C. The van der Waals surface area contributed by atoms with Crippen molar-refractivity contribution >= 4 is 6.09 Å². The number of carbonyl (C=O) groups excluding carboxylic acids is 1. The summed E-state index contributed by atoms with van der Waals surface area (Å²) in [5, 5.41) is 0. The summed E-state index contributed by atoms with van der Waals surface area (Å²) in [6.07, 6.45) is 6.62. The molecule has 3 rings (SSSR count). The summed E-state index contributed by atoms with van der Waals surface area (Å²) < 4.78 is 25.3. The van der Waals surface area contributed by atoms with Gasteiger partial charge in [0.25, 0.3) is 0 Å². The van der Waals surface area contributed by atoms with Gasteiger partial charge in [0, 0.05) is 20.1 Å². The number of ether oxygens (including phenoxy) is 4. The third-order valence-electron chi connectivity index (χ3n) is 7.10. The highest BCUT2D eigenvalue weighted by molar-refractivity contribution is 5.68. The van der Waals surface area contributed by atoms with Crippen LogP contribution in [0.5, 0.6) is 0 Å². The van der Waals surface area contributed by atoms with E-state index in [4.69, 9.17) is 18.9 Å². The Labute approximate surface area is 236 Å². The monoisotopic (exact) mass is 539 g/mol. The summed E-state index contributed by atoms with van der Waals surface area (Å²) in [5.74, 6) is 0. The van der Waals surface area contributed by atoms with Crippen LogP contribution in [0.1, 0.15) is 83.8 Å². The highest BCUT2D eigenvalue weighted by atomic mass is 16.6. The van der Waals surface area contributed by atoms with Crippen molar-refractivity contribution in [1.29, 1.82) is 0 Å². The summed E-state index contributed by atoms with van der Waals surface area (Å²) in [6, 6.07) is 20.0. The number of rotatable bonds is 15. The van der Waals surface area contributed by atoms with Crippen molar-refractivity contribution in [3.05, 3.63) is 71.8 Å². The number of carbonyl (C=O) groups is 1. The summed E-state index contributed by atoms with van der Waals surface area (Å²) in [5.41, 5.74) is 1.61. The van der Waals surface area contributed by atoms with Crippen LogP contribution >= 0.6 is 0 Å². The summed E-state index contributed by atoms with van der Waals surface area (Å²) >= 11 is 0. The summed E-state index contributed by atoms with van der Waals surface area (Å²) in [4.78, 5) is 14.9. The van der Waals surface area contributed by atoms with Crippen molar-refractivity contribution in [1.82, 2.24) is 4.90 Å². The third-order valence-corrected chi connectivity index (χ3v) is 7.10. The molecule has 0 radical (unpaired) electrons. The second-order valence-electron chi connectivity index (χ2n) is 11.6. The minimum absolute atomic E-state index is 0.207. The fraction of sp³-hybridized carbons (Fsp3) is 0.606. The van der Waals surface area contributed by atoms with E-state index in [-0.39, 0.29) is 30.4 Å². The molecule has 0 aliphatic heterocycles. The molecule has 0 saturated heterocycles. The van der Waals surface area contributed by atoms with Gasteiger partial charge in [-0.3, -0.25) is 0 Å². The zero-order valence-corrected chi connectivity index (χ0v) is 24.6. The molecule has 216 valence electrons. The molecular formula is C33H49NO5. The lowest BCUT2D eigenvalue weighted by Gasteiger charge is -2.35. The Balaban J connectivity index is 1.76. The third kappa shape index (κ3) is 10.6. The van der Waals surface area contributed by atoms with Crippen LogP contribution in [0.3, 0.4) is 0 Å². The number of hydrogen-bond acceptors (Lipinski definition) is 5. The normalized spacial score (nSPS) is 21.2. The average molecular weight is 540 g/mol. The largest absolute Gasteiger partial charge is 0.444 e. The molecule has 2 aromatic carbocycles. The maximum atomic E-state index is 13.2. The molecule has 0 heterocycles. The predicted octanol–water partition coefficient (Wildman–Crippen LogP) is 7.54. The number of amides is 1. The number of benzene rings is 2. The van der Waals surface area contributed by atoms with Gasteiger partial charge in [0.1, 0.15) is 11.7 Å². The zero-order valence-electron chi connectivity index (χ0n) is 24.6. The van der Waals surface area contributed by atoms with E-state index >= 15 is 0 Å². The number of unbranched alkanes of at least 4 members (excludes halogenated alkanes) is 5. The van der Waals surface area contributed by atoms with Crippen LogP contribution in [-0.2, 0) is 32.2 Å². The van der Waals surface area contributed by atoms with Crippen molar-refractivity contribution in [2.45, 2.75) is 116 Å². The number of nitrogens with zero attached hydrogens (tertiary/aromatic N) is 1. The molecule has 0 N–H and O–H groups in total. The van der Waals surface area contributed by atoms with Gasteiger partial charge in [-0.15, -0.1) is 0 Å². The summed E-state index contributed by atoms with van der Waals surface area (Å²) in [6.45, 7) is 9.46. The fourth-order valence-electron chi connectivity index (χ4n) is 5.05. The minimum Gasteiger partial charge on any atom is -0.444 e. The van der Waals surface area contributed by atoms with E-state index in [2.05, 4.69) is 31.2 Å². The van der Waals surface area contributed by atoms with Gasteiger partial charge >= 0.3 is 6.09 Å². The minimum atomic E-state index is -0.595. The molecule has 1 aliphatic rings. The lowest BCUT2D eigenvalue weighted by Crippen LogP contribution is -2.51. The predicted molar refractivity (Wildman–Crippen MR) is 156 cm³/mol. The Morgan fingerprint density at radius 1 is 0.795 bits per heavy atom. The van der Waals surface area contributed by atoms with Crippen molar-refractivity contribution in [2.24, 2.45) is 0 Å². The maximum Gasteiger partial charge on any atom is 0.410 e. The zero-order chi connectivity index (χ0) is 28.1. The van der Waals surface area contributed by atoms with Crippen LogP contribution in [-0.4, -0.2) is 54.6 Å². The van der Waals surface area contributed by atoms with E-state index in [1.165, 1.54) is 25.7 Å². The first-order chi connectivity index (χ1) is 18.8. The molecule has 1 fully saturated rings. The first-order valence-electron chi connectivity index (χ1n) is 14.7. The van der Waals surface area contributed by atoms with Gasteiger partial charge in [-0.25, -0.2) is 4.79 Å². The van der Waals surface area contributed by atoms with Gasteiger partial charge in [-0.1, -0.05) is 99.7 Å². The first-order valence-corrected chi connectivity index (χ1v) is 14.7. The highest BCUT2D eigenvalue weighted by Crippen LogP contribution is 2.34. The molecule has 1 amide bonds. The molecule has 1 saturated carbocycles. The molecule has 6 heteroatoms. The van der Waals surface area contributed by atoms with Crippen molar-refractivity contribution in [3.8, 4) is 0 Å². The van der Waals surface area contributed by atoms with E-state index in [1.807, 2.05) is 57.2 Å². The standard InChI is InChI=1S/C33H49NO5/c1-6-7-8-9-10-17-22-36-31-29(38-25-27-20-15-12-16-21-27)23-28(37-24-26-18-13-11-14-19-26)30(31)34(5)32(35)39-33(2,3)4/h11-16,18-21,28-31H,6-10,17,22-25H2,1-5H3. The van der Waals surface area contributed by atoms with Crippen LogP contribution in [0, 0.1) is 0 Å². The maximum absolute atomic E-state index is 13.2. The molecule has 0 bridgehead atoms. The van der Waals surface area contributed by atoms with Gasteiger partial charge in [-0.2, -0.15) is 0 Å². The van der Waals surface area contributed by atoms with Crippen molar-refractivity contribution < 1.29 is 23.7 Å². The summed E-state index contributed by atoms with van der Waals surface area (Å²) in [7, 11) is 1.79. The van der Waals surface area contributed by atoms with Crippen LogP contribution in [0.25, 0.3) is 0 Å². The highest BCUT2D eigenvalue weighted by Gasteiger charge is 2.49. The fourth-order valence-corrected chi connectivity index (χ4v) is 5.05. The van der Waals surface area contributed by atoms with Crippen LogP contribution in [0.15, 0.2) is 60.7 Å². The lowest BCUT2D eigenvalue weighted by molar-refractivity contribution is -0.0903. The van der Waals surface area contributed by atoms with Crippen LogP contribution < -0.4 is 0 Å². The molecule has 2 aromatic rings. The van der Waals surface area contributed by atoms with E-state index in [0.717, 1.165) is 24.0 Å². The van der Waals surface area contributed by atoms with Crippen molar-refractivity contribution in [3.63, 3.8) is 0 Å². The number of likely N-dealkylation sites (N-methyl/N-ethyl adjacent to an activating group) is 1. The van der Waals surface area contributed by atoms with E-state index in [0.29, 0.717) is 26.2 Å². The number of hydrogen-bond donors (Lipinski definition) is 0. The molecule has 1 aliphatic carbocycles. The quantitative estimate of drug-likeness (QED) is 0.219. The molecule has 6 nitrogen and oxygen atoms in total. The molecule has 4 unspecified atom stereocenters.